The van der Waals surface area contributed by atoms with Gasteiger partial charge in [-0.05, 0) is 5.56 Å². The van der Waals surface area contributed by atoms with E-state index in [1.165, 1.54) is 11.1 Å². The molecule has 0 radical (unpaired) electrons. The number of benzene rings is 1. The Morgan fingerprint density at radius 3 is 1.35 bits per heavy atom. The van der Waals surface area contributed by atoms with E-state index in [-0.39, 0.29) is 34.1 Å². The smallest absolute Gasteiger partial charge is 0.308 e. The Morgan fingerprint density at radius 1 is 0.581 bits per heavy atom. The fourth-order valence-corrected chi connectivity index (χ4v) is 2.76. The van der Waals surface area contributed by atoms with Crippen LogP contribution in [0.2, 0.25) is 0 Å². The van der Waals surface area contributed by atoms with Gasteiger partial charge in [0.2, 0.25) is 0 Å². The van der Waals surface area contributed by atoms with Crippen LogP contribution in [-0.4, -0.2) is 0 Å². The molecule has 156 valence electrons. The molecular weight excluding hydrogens is 460 g/mol. The molecule has 5 aromatic rings. The van der Waals surface area contributed by atoms with E-state index in [9.17, 15) is 0 Å². The van der Waals surface area contributed by atoms with E-state index in [1.54, 1.807) is 0 Å². The molecule has 0 saturated heterocycles. The standard InChI is InChI=1S/C19H14.2C5H5.2Fe/c1-2-8-16(9-3-1)14-15-19(17-10-4-5-11-17)18-12-6-7-13-18;2*1-2-4-5-3-1;;/h1-14H;2*1-5H;;/q-2;2*-1;2*+2. The molecule has 2 heteroatoms. The summed E-state index contributed by atoms with van der Waals surface area (Å²) in [4.78, 5) is 0. The van der Waals surface area contributed by atoms with Crippen molar-refractivity contribution in [2.45, 2.75) is 0 Å². The molecule has 0 aliphatic heterocycles. The van der Waals surface area contributed by atoms with Gasteiger partial charge in [0.05, 0.1) is 0 Å². The fourth-order valence-electron chi connectivity index (χ4n) is 2.76. The van der Waals surface area contributed by atoms with E-state index < -0.39 is 0 Å². The zero-order valence-electron chi connectivity index (χ0n) is 17.1. The Hall–Kier alpha value is -2.82. The maximum Gasteiger partial charge on any atom is 2.00 e. The van der Waals surface area contributed by atoms with Gasteiger partial charge < -0.3 is 5.73 Å². The Kier molecular flexibility index (Phi) is 13.5. The summed E-state index contributed by atoms with van der Waals surface area (Å²) in [6, 6.07) is 47.0. The quantitative estimate of drug-likeness (QED) is 0.140. The molecule has 0 bridgehead atoms. The van der Waals surface area contributed by atoms with Crippen LogP contribution in [0.1, 0.15) is 16.7 Å². The van der Waals surface area contributed by atoms with Gasteiger partial charge in [-0.1, -0.05) is 48.5 Å². The molecular formula is C29H24Fe2. The molecule has 0 aliphatic rings. The van der Waals surface area contributed by atoms with Gasteiger partial charge in [-0.15, -0.1) is 17.7 Å². The van der Waals surface area contributed by atoms with Crippen molar-refractivity contribution >= 4 is 11.6 Å². The zero-order chi connectivity index (χ0) is 20.0. The first-order valence-corrected chi connectivity index (χ1v) is 9.73. The summed E-state index contributed by atoms with van der Waals surface area (Å²) < 4.78 is 0. The summed E-state index contributed by atoms with van der Waals surface area (Å²) in [5.41, 5.74) is 8.15. The molecule has 0 fully saturated rings. The first-order valence-electron chi connectivity index (χ1n) is 9.73. The minimum atomic E-state index is 0. The number of rotatable bonds is 3. The minimum absolute atomic E-state index is 0. The average molecular weight is 484 g/mol. The second kappa shape index (κ2) is 15.9. The van der Waals surface area contributed by atoms with Crippen molar-refractivity contribution in [1.29, 1.82) is 0 Å². The summed E-state index contributed by atoms with van der Waals surface area (Å²) in [6.45, 7) is 0. The first kappa shape index (κ1) is 26.2. The normalized spacial score (nSPS) is 8.65. The van der Waals surface area contributed by atoms with E-state index in [4.69, 9.17) is 0 Å². The van der Waals surface area contributed by atoms with Gasteiger partial charge in [0, 0.05) is 0 Å². The average Bonchev–Trinajstić information content (AvgIpc) is 3.59. The zero-order valence-corrected chi connectivity index (χ0v) is 19.3. The summed E-state index contributed by atoms with van der Waals surface area (Å²) in [5.74, 6) is 0. The van der Waals surface area contributed by atoms with Crippen molar-refractivity contribution < 1.29 is 34.1 Å². The topological polar surface area (TPSA) is 0 Å². The maximum absolute atomic E-state index is 3.43. The molecule has 0 unspecified atom stereocenters. The Balaban J connectivity index is 0.000000331. The largest absolute Gasteiger partial charge is 2.00 e. The summed E-state index contributed by atoms with van der Waals surface area (Å²) in [6.07, 6.45) is 2.04. The molecule has 0 nitrogen and oxygen atoms in total. The minimum Gasteiger partial charge on any atom is -0.308 e. The van der Waals surface area contributed by atoms with Crippen LogP contribution >= 0.6 is 0 Å². The molecule has 0 saturated carbocycles. The van der Waals surface area contributed by atoms with E-state index in [2.05, 4.69) is 66.4 Å². The van der Waals surface area contributed by atoms with Crippen molar-refractivity contribution in [3.05, 3.63) is 162 Å². The molecule has 0 heterocycles. The number of hydrogen-bond donors (Lipinski definition) is 0. The molecule has 0 aromatic heterocycles. The Bertz CT molecular complexity index is 945. The second-order valence-electron chi connectivity index (χ2n) is 6.35. The Labute approximate surface area is 207 Å². The monoisotopic (exact) mass is 484 g/mol. The number of hydrogen-bond acceptors (Lipinski definition) is 0. The van der Waals surface area contributed by atoms with Crippen LogP contribution in [0.5, 0.6) is 0 Å². The van der Waals surface area contributed by atoms with Crippen LogP contribution in [-0.2, 0) is 34.1 Å². The third kappa shape index (κ3) is 9.69. The molecule has 31 heavy (non-hydrogen) atoms. The van der Waals surface area contributed by atoms with Crippen molar-refractivity contribution in [3.63, 3.8) is 0 Å². The summed E-state index contributed by atoms with van der Waals surface area (Å²) >= 11 is 0. The van der Waals surface area contributed by atoms with E-state index in [1.807, 2.05) is 84.9 Å². The van der Waals surface area contributed by atoms with Crippen molar-refractivity contribution in [2.24, 2.45) is 0 Å². The summed E-state index contributed by atoms with van der Waals surface area (Å²) in [7, 11) is 0. The molecule has 0 amide bonds. The van der Waals surface area contributed by atoms with Crippen LogP contribution in [0.25, 0.3) is 11.6 Å². The maximum atomic E-state index is 3.43. The molecule has 0 spiro atoms. The predicted molar refractivity (Wildman–Crippen MR) is 125 cm³/mol. The van der Waals surface area contributed by atoms with Crippen molar-refractivity contribution in [2.75, 3.05) is 0 Å². The second-order valence-corrected chi connectivity index (χ2v) is 6.35. The van der Waals surface area contributed by atoms with Gasteiger partial charge in [0.1, 0.15) is 0 Å². The van der Waals surface area contributed by atoms with E-state index >= 15 is 0 Å². The van der Waals surface area contributed by atoms with Crippen LogP contribution < -0.4 is 0 Å². The summed E-state index contributed by atoms with van der Waals surface area (Å²) in [5, 5.41) is 0. The molecule has 5 rings (SSSR count). The van der Waals surface area contributed by atoms with Gasteiger partial charge >= 0.3 is 34.1 Å². The fraction of sp³-hybridized carbons (Fsp3) is 0. The molecule has 5 aromatic carbocycles. The first-order chi connectivity index (χ1) is 14.4. The third-order valence-electron chi connectivity index (χ3n) is 4.20. The van der Waals surface area contributed by atoms with Crippen molar-refractivity contribution in [3.8, 4) is 0 Å². The molecule has 0 N–H and O–H groups in total. The Morgan fingerprint density at radius 2 is 1.00 bits per heavy atom. The van der Waals surface area contributed by atoms with Gasteiger partial charge in [-0.25, -0.2) is 48.5 Å². The van der Waals surface area contributed by atoms with Gasteiger partial charge in [-0.3, -0.25) is 0 Å². The van der Waals surface area contributed by atoms with Crippen molar-refractivity contribution in [1.82, 2.24) is 0 Å². The van der Waals surface area contributed by atoms with Crippen LogP contribution in [0.3, 0.4) is 0 Å². The molecule has 0 aliphatic carbocycles. The van der Waals surface area contributed by atoms with Crippen LogP contribution in [0.4, 0.5) is 0 Å². The predicted octanol–water partition coefficient (Wildman–Crippen LogP) is 7.67. The van der Waals surface area contributed by atoms with Gasteiger partial charge in [0.15, 0.2) is 0 Å². The SMILES string of the molecule is C(=Cc1ccccc1)=C([c-]1cccc1)[c-]1cccc1.[Fe+2].[Fe+2].c1cc[cH-]c1.c1cc[cH-]c1. The van der Waals surface area contributed by atoms with Crippen LogP contribution in [0, 0.1) is 0 Å². The van der Waals surface area contributed by atoms with Gasteiger partial charge in [0.25, 0.3) is 0 Å². The van der Waals surface area contributed by atoms with E-state index in [0.29, 0.717) is 0 Å². The van der Waals surface area contributed by atoms with Crippen LogP contribution in [0.15, 0.2) is 145 Å². The third-order valence-corrected chi connectivity index (χ3v) is 4.20. The van der Waals surface area contributed by atoms with E-state index in [0.717, 1.165) is 11.1 Å². The molecule has 0 atom stereocenters. The van der Waals surface area contributed by atoms with Gasteiger partial charge in [-0.2, -0.15) is 47.5 Å².